The first-order valence-corrected chi connectivity index (χ1v) is 5.43. The molecule has 0 atom stereocenters. The van der Waals surface area contributed by atoms with E-state index in [4.69, 9.17) is 10.2 Å². The van der Waals surface area contributed by atoms with Crippen molar-refractivity contribution < 1.29 is 15.0 Å². The molecule has 0 aliphatic rings. The van der Waals surface area contributed by atoms with Crippen molar-refractivity contribution >= 4 is 17.3 Å². The van der Waals surface area contributed by atoms with Crippen molar-refractivity contribution in [2.24, 2.45) is 0 Å². The lowest BCUT2D eigenvalue weighted by Crippen LogP contribution is -1.89. The first kappa shape index (κ1) is 10.6. The molecule has 0 spiro atoms. The van der Waals surface area contributed by atoms with Crippen molar-refractivity contribution in [3.63, 3.8) is 0 Å². The molecule has 2 aromatic rings. The molecule has 0 saturated heterocycles. The lowest BCUT2D eigenvalue weighted by Gasteiger charge is -1.97. The minimum Gasteiger partial charge on any atom is -0.508 e. The average molecular weight is 235 g/mol. The second-order valence-electron chi connectivity index (χ2n) is 3.27. The number of aromatic carboxylic acids is 1. The minimum atomic E-state index is -0.950. The molecule has 5 heteroatoms. The third kappa shape index (κ3) is 2.38. The molecule has 2 rings (SSSR count). The van der Waals surface area contributed by atoms with Crippen LogP contribution in [0.4, 0.5) is 0 Å². The smallest absolute Gasteiger partial charge is 0.347 e. The van der Waals surface area contributed by atoms with Crippen molar-refractivity contribution in [2.75, 3.05) is 0 Å². The first-order valence-electron chi connectivity index (χ1n) is 4.61. The Bertz CT molecular complexity index is 504. The lowest BCUT2D eigenvalue weighted by molar-refractivity contribution is 0.0702. The van der Waals surface area contributed by atoms with Crippen LogP contribution in [-0.4, -0.2) is 21.2 Å². The summed E-state index contributed by atoms with van der Waals surface area (Å²) >= 11 is 1.17. The molecule has 0 unspecified atom stereocenters. The summed E-state index contributed by atoms with van der Waals surface area (Å²) in [5, 5.41) is 18.6. The van der Waals surface area contributed by atoms with Gasteiger partial charge < -0.3 is 10.2 Å². The molecule has 0 aliphatic carbocycles. The van der Waals surface area contributed by atoms with Crippen LogP contribution in [0.5, 0.6) is 5.75 Å². The third-order valence-corrected chi connectivity index (χ3v) is 3.04. The molecule has 0 bridgehead atoms. The van der Waals surface area contributed by atoms with E-state index in [-0.39, 0.29) is 10.6 Å². The van der Waals surface area contributed by atoms with Crippen LogP contribution in [0, 0.1) is 0 Å². The molecule has 0 aliphatic heterocycles. The van der Waals surface area contributed by atoms with E-state index < -0.39 is 5.97 Å². The molecular weight excluding hydrogens is 226 g/mol. The number of nitrogens with zero attached hydrogens (tertiary/aromatic N) is 1. The fraction of sp³-hybridized carbons (Fsp3) is 0.0909. The Hall–Kier alpha value is -1.88. The Labute approximate surface area is 95.8 Å². The van der Waals surface area contributed by atoms with Gasteiger partial charge >= 0.3 is 5.97 Å². The molecular formula is C11H9NO3S. The second-order valence-corrected chi connectivity index (χ2v) is 4.38. The van der Waals surface area contributed by atoms with Crippen molar-refractivity contribution in [1.29, 1.82) is 0 Å². The Morgan fingerprint density at radius 2 is 2.00 bits per heavy atom. The van der Waals surface area contributed by atoms with Crippen LogP contribution in [0.3, 0.4) is 0 Å². The Kier molecular flexibility index (Phi) is 2.87. The standard InChI is InChI=1S/C11H9NO3S/c13-8-3-1-7(2-4-8)5-10-12-6-9(16-10)11(14)15/h1-4,6,13H,5H2,(H,14,15). The van der Waals surface area contributed by atoms with E-state index in [0.717, 1.165) is 10.6 Å². The Morgan fingerprint density at radius 1 is 1.31 bits per heavy atom. The molecule has 0 fully saturated rings. The summed E-state index contributed by atoms with van der Waals surface area (Å²) in [7, 11) is 0. The summed E-state index contributed by atoms with van der Waals surface area (Å²) in [5.41, 5.74) is 0.990. The number of hydrogen-bond donors (Lipinski definition) is 2. The Morgan fingerprint density at radius 3 is 2.56 bits per heavy atom. The molecule has 2 N–H and O–H groups in total. The van der Waals surface area contributed by atoms with Gasteiger partial charge in [0.25, 0.3) is 0 Å². The zero-order chi connectivity index (χ0) is 11.5. The maximum absolute atomic E-state index is 10.6. The number of phenols is 1. The van der Waals surface area contributed by atoms with Crippen LogP contribution in [-0.2, 0) is 6.42 Å². The highest BCUT2D eigenvalue weighted by molar-refractivity contribution is 7.13. The zero-order valence-electron chi connectivity index (χ0n) is 8.25. The van der Waals surface area contributed by atoms with Gasteiger partial charge in [0, 0.05) is 6.42 Å². The molecule has 82 valence electrons. The number of benzene rings is 1. The maximum atomic E-state index is 10.6. The fourth-order valence-electron chi connectivity index (χ4n) is 1.28. The van der Waals surface area contributed by atoms with Crippen molar-refractivity contribution in [2.45, 2.75) is 6.42 Å². The quantitative estimate of drug-likeness (QED) is 0.855. The number of phenolic OH excluding ortho intramolecular Hbond substituents is 1. The number of hydrogen-bond acceptors (Lipinski definition) is 4. The maximum Gasteiger partial charge on any atom is 0.347 e. The van der Waals surface area contributed by atoms with Crippen LogP contribution in [0.25, 0.3) is 0 Å². The van der Waals surface area contributed by atoms with Crippen LogP contribution < -0.4 is 0 Å². The van der Waals surface area contributed by atoms with Gasteiger partial charge in [0.15, 0.2) is 0 Å². The number of rotatable bonds is 3. The molecule has 4 nitrogen and oxygen atoms in total. The lowest BCUT2D eigenvalue weighted by atomic mass is 10.1. The largest absolute Gasteiger partial charge is 0.508 e. The van der Waals surface area contributed by atoms with E-state index in [1.807, 2.05) is 0 Å². The number of thiazole rings is 1. The van der Waals surface area contributed by atoms with E-state index in [1.165, 1.54) is 17.5 Å². The van der Waals surface area contributed by atoms with E-state index in [2.05, 4.69) is 4.98 Å². The van der Waals surface area contributed by atoms with E-state index >= 15 is 0 Å². The molecule has 0 saturated carbocycles. The third-order valence-electron chi connectivity index (χ3n) is 2.06. The minimum absolute atomic E-state index is 0.217. The van der Waals surface area contributed by atoms with Crippen LogP contribution in [0.1, 0.15) is 20.2 Å². The number of aromatic hydroxyl groups is 1. The van der Waals surface area contributed by atoms with Crippen molar-refractivity contribution in [3.05, 3.63) is 45.9 Å². The van der Waals surface area contributed by atoms with Gasteiger partial charge in [-0.1, -0.05) is 12.1 Å². The fourth-order valence-corrected chi connectivity index (χ4v) is 2.07. The van der Waals surface area contributed by atoms with E-state index in [1.54, 1.807) is 24.3 Å². The number of carbonyl (C=O) groups is 1. The number of carboxylic acids is 1. The molecule has 0 radical (unpaired) electrons. The van der Waals surface area contributed by atoms with Crippen molar-refractivity contribution in [3.8, 4) is 5.75 Å². The topological polar surface area (TPSA) is 70.4 Å². The monoisotopic (exact) mass is 235 g/mol. The van der Waals surface area contributed by atoms with E-state index in [0.29, 0.717) is 6.42 Å². The van der Waals surface area contributed by atoms with Gasteiger partial charge in [-0.2, -0.15) is 0 Å². The molecule has 1 aromatic heterocycles. The van der Waals surface area contributed by atoms with Crippen LogP contribution >= 0.6 is 11.3 Å². The highest BCUT2D eigenvalue weighted by Crippen LogP contribution is 2.18. The van der Waals surface area contributed by atoms with E-state index in [9.17, 15) is 4.79 Å². The van der Waals surface area contributed by atoms with Gasteiger partial charge in [0.05, 0.1) is 11.2 Å². The second kappa shape index (κ2) is 4.32. The Balaban J connectivity index is 2.14. The average Bonchev–Trinajstić information content (AvgIpc) is 2.70. The molecule has 16 heavy (non-hydrogen) atoms. The predicted octanol–water partition coefficient (Wildman–Crippen LogP) is 2.14. The first-order chi connectivity index (χ1) is 7.65. The molecule has 1 heterocycles. The summed E-state index contributed by atoms with van der Waals surface area (Å²) in [6, 6.07) is 6.77. The van der Waals surface area contributed by atoms with Gasteiger partial charge in [-0.15, -0.1) is 11.3 Å². The number of aromatic nitrogens is 1. The van der Waals surface area contributed by atoms with Gasteiger partial charge in [-0.05, 0) is 17.7 Å². The summed E-state index contributed by atoms with van der Waals surface area (Å²) in [4.78, 5) is 14.9. The van der Waals surface area contributed by atoms with Crippen LogP contribution in [0.15, 0.2) is 30.5 Å². The van der Waals surface area contributed by atoms with Gasteiger partial charge in [0.1, 0.15) is 10.6 Å². The molecule has 1 aromatic carbocycles. The summed E-state index contributed by atoms with van der Waals surface area (Å²) in [5.74, 6) is -0.733. The zero-order valence-corrected chi connectivity index (χ0v) is 9.07. The van der Waals surface area contributed by atoms with Gasteiger partial charge in [0.2, 0.25) is 0 Å². The summed E-state index contributed by atoms with van der Waals surface area (Å²) in [6.45, 7) is 0. The van der Waals surface area contributed by atoms with Gasteiger partial charge in [-0.3, -0.25) is 0 Å². The van der Waals surface area contributed by atoms with Gasteiger partial charge in [-0.25, -0.2) is 9.78 Å². The van der Waals surface area contributed by atoms with Crippen molar-refractivity contribution in [1.82, 2.24) is 4.98 Å². The molecule has 0 amide bonds. The van der Waals surface area contributed by atoms with Crippen LogP contribution in [0.2, 0.25) is 0 Å². The normalized spacial score (nSPS) is 10.2. The SMILES string of the molecule is O=C(O)c1cnc(Cc2ccc(O)cc2)s1. The number of carboxylic acid groups (broad SMARTS) is 1. The summed E-state index contributed by atoms with van der Waals surface area (Å²) < 4.78 is 0. The summed E-state index contributed by atoms with van der Waals surface area (Å²) in [6.07, 6.45) is 1.95. The highest BCUT2D eigenvalue weighted by atomic mass is 32.1. The predicted molar refractivity (Wildman–Crippen MR) is 60.0 cm³/mol. The highest BCUT2D eigenvalue weighted by Gasteiger charge is 2.08.